The highest BCUT2D eigenvalue weighted by molar-refractivity contribution is 5.74. The standard InChI is InChI=1S/C14H27NO2/c1-2-3-4-5-6-7-8-9-10-11-13(16)12-14(15)17/h7-8,13,16H,2-6,9-12H2,1H3,(H2,15,17)/b8-7-/t13-/m0/s1. The first kappa shape index (κ1) is 16.2. The molecule has 1 atom stereocenters. The van der Waals surface area contributed by atoms with Crippen molar-refractivity contribution in [2.75, 3.05) is 0 Å². The number of aliphatic hydroxyl groups excluding tert-OH is 1. The van der Waals surface area contributed by atoms with Gasteiger partial charge in [-0.15, -0.1) is 0 Å². The topological polar surface area (TPSA) is 63.3 Å². The second kappa shape index (κ2) is 11.6. The summed E-state index contributed by atoms with van der Waals surface area (Å²) in [5, 5.41) is 9.39. The summed E-state index contributed by atoms with van der Waals surface area (Å²) in [5.74, 6) is -0.427. The van der Waals surface area contributed by atoms with Gasteiger partial charge in [-0.1, -0.05) is 38.3 Å². The molecule has 0 radical (unpaired) electrons. The Labute approximate surface area is 105 Å². The number of primary amides is 1. The molecule has 0 heterocycles. The fourth-order valence-corrected chi connectivity index (χ4v) is 1.73. The molecular weight excluding hydrogens is 214 g/mol. The molecule has 0 rings (SSSR count). The Morgan fingerprint density at radius 1 is 1.18 bits per heavy atom. The van der Waals surface area contributed by atoms with Gasteiger partial charge in [0.1, 0.15) is 0 Å². The molecule has 0 aliphatic heterocycles. The highest BCUT2D eigenvalue weighted by atomic mass is 16.3. The van der Waals surface area contributed by atoms with Crippen molar-refractivity contribution < 1.29 is 9.90 Å². The Balaban J connectivity index is 3.26. The number of allylic oxidation sites excluding steroid dienone is 2. The molecule has 0 aromatic heterocycles. The molecule has 0 unspecified atom stereocenters. The third-order valence-electron chi connectivity index (χ3n) is 2.74. The zero-order chi connectivity index (χ0) is 12.9. The van der Waals surface area contributed by atoms with Crippen LogP contribution in [0.4, 0.5) is 0 Å². The molecule has 0 saturated heterocycles. The molecule has 3 heteroatoms. The van der Waals surface area contributed by atoms with E-state index < -0.39 is 12.0 Å². The number of carbonyl (C=O) groups excluding carboxylic acids is 1. The van der Waals surface area contributed by atoms with Gasteiger partial charge in [0.05, 0.1) is 12.5 Å². The quantitative estimate of drug-likeness (QED) is 0.431. The predicted molar refractivity (Wildman–Crippen MR) is 71.6 cm³/mol. The summed E-state index contributed by atoms with van der Waals surface area (Å²) in [6.45, 7) is 2.22. The van der Waals surface area contributed by atoms with Crippen LogP contribution in [-0.2, 0) is 4.79 Å². The summed E-state index contributed by atoms with van der Waals surface area (Å²) in [7, 11) is 0. The van der Waals surface area contributed by atoms with Gasteiger partial charge in [0.25, 0.3) is 0 Å². The van der Waals surface area contributed by atoms with Gasteiger partial charge in [0.2, 0.25) is 5.91 Å². The molecule has 0 fully saturated rings. The first-order chi connectivity index (χ1) is 8.16. The lowest BCUT2D eigenvalue weighted by Gasteiger charge is -2.06. The van der Waals surface area contributed by atoms with Gasteiger partial charge in [-0.25, -0.2) is 0 Å². The monoisotopic (exact) mass is 241 g/mol. The average molecular weight is 241 g/mol. The van der Waals surface area contributed by atoms with Crippen LogP contribution in [0.5, 0.6) is 0 Å². The minimum Gasteiger partial charge on any atom is -0.393 e. The molecule has 3 nitrogen and oxygen atoms in total. The molecule has 0 aliphatic carbocycles. The number of amides is 1. The highest BCUT2D eigenvalue weighted by Gasteiger charge is 2.06. The number of unbranched alkanes of at least 4 members (excludes halogenated alkanes) is 5. The molecule has 0 spiro atoms. The van der Waals surface area contributed by atoms with Crippen molar-refractivity contribution in [3.05, 3.63) is 12.2 Å². The van der Waals surface area contributed by atoms with Crippen LogP contribution in [0.25, 0.3) is 0 Å². The molecule has 0 bridgehead atoms. The van der Waals surface area contributed by atoms with Crippen LogP contribution in [0.3, 0.4) is 0 Å². The minimum atomic E-state index is -0.564. The van der Waals surface area contributed by atoms with Crippen LogP contribution in [-0.4, -0.2) is 17.1 Å². The minimum absolute atomic E-state index is 0.0841. The van der Waals surface area contributed by atoms with E-state index in [0.29, 0.717) is 6.42 Å². The van der Waals surface area contributed by atoms with Crippen LogP contribution < -0.4 is 5.73 Å². The lowest BCUT2D eigenvalue weighted by atomic mass is 10.1. The number of carbonyl (C=O) groups is 1. The maximum Gasteiger partial charge on any atom is 0.220 e. The smallest absolute Gasteiger partial charge is 0.220 e. The maximum absolute atomic E-state index is 10.5. The Morgan fingerprint density at radius 2 is 1.82 bits per heavy atom. The van der Waals surface area contributed by atoms with E-state index in [9.17, 15) is 9.90 Å². The first-order valence-electron chi connectivity index (χ1n) is 6.78. The Hall–Kier alpha value is -0.830. The average Bonchev–Trinajstić information content (AvgIpc) is 2.26. The summed E-state index contributed by atoms with van der Waals surface area (Å²) < 4.78 is 0. The summed E-state index contributed by atoms with van der Waals surface area (Å²) in [6, 6.07) is 0. The molecule has 0 aromatic carbocycles. The zero-order valence-corrected chi connectivity index (χ0v) is 11.0. The normalized spacial score (nSPS) is 13.1. The van der Waals surface area contributed by atoms with Crippen molar-refractivity contribution >= 4 is 5.91 Å². The number of aliphatic hydroxyl groups is 1. The molecule has 0 saturated carbocycles. The largest absolute Gasteiger partial charge is 0.393 e. The van der Waals surface area contributed by atoms with Crippen LogP contribution in [0.15, 0.2) is 12.2 Å². The lowest BCUT2D eigenvalue weighted by molar-refractivity contribution is -0.119. The zero-order valence-electron chi connectivity index (χ0n) is 11.0. The van der Waals surface area contributed by atoms with E-state index in [-0.39, 0.29) is 6.42 Å². The van der Waals surface area contributed by atoms with E-state index >= 15 is 0 Å². The summed E-state index contributed by atoms with van der Waals surface area (Å²) in [5.41, 5.74) is 4.99. The van der Waals surface area contributed by atoms with E-state index in [1.54, 1.807) is 0 Å². The van der Waals surface area contributed by atoms with E-state index in [2.05, 4.69) is 19.1 Å². The van der Waals surface area contributed by atoms with Crippen LogP contribution in [0.1, 0.15) is 64.7 Å². The number of hydrogen-bond acceptors (Lipinski definition) is 2. The SMILES string of the molecule is CCCCCC/C=C\CCC[C@H](O)CC(N)=O. The van der Waals surface area contributed by atoms with E-state index in [4.69, 9.17) is 5.73 Å². The first-order valence-corrected chi connectivity index (χ1v) is 6.78. The molecule has 17 heavy (non-hydrogen) atoms. The number of nitrogens with two attached hydrogens (primary N) is 1. The van der Waals surface area contributed by atoms with Crippen molar-refractivity contribution in [2.45, 2.75) is 70.8 Å². The predicted octanol–water partition coefficient (Wildman–Crippen LogP) is 2.92. The van der Waals surface area contributed by atoms with Gasteiger partial charge in [0.15, 0.2) is 0 Å². The summed E-state index contributed by atoms with van der Waals surface area (Å²) >= 11 is 0. The second-order valence-corrected chi connectivity index (χ2v) is 4.58. The molecule has 100 valence electrons. The van der Waals surface area contributed by atoms with Crippen molar-refractivity contribution in [1.82, 2.24) is 0 Å². The van der Waals surface area contributed by atoms with E-state index in [0.717, 1.165) is 19.3 Å². The van der Waals surface area contributed by atoms with Crippen LogP contribution in [0.2, 0.25) is 0 Å². The number of rotatable bonds is 11. The maximum atomic E-state index is 10.5. The van der Waals surface area contributed by atoms with E-state index in [1.807, 2.05) is 0 Å². The third kappa shape index (κ3) is 13.1. The molecule has 0 aliphatic rings. The van der Waals surface area contributed by atoms with Crippen molar-refractivity contribution in [3.63, 3.8) is 0 Å². The van der Waals surface area contributed by atoms with Crippen molar-refractivity contribution in [2.24, 2.45) is 5.73 Å². The van der Waals surface area contributed by atoms with Gasteiger partial charge >= 0.3 is 0 Å². The fraction of sp³-hybridized carbons (Fsp3) is 0.786. The van der Waals surface area contributed by atoms with Gasteiger partial charge in [-0.05, 0) is 32.1 Å². The third-order valence-corrected chi connectivity index (χ3v) is 2.74. The van der Waals surface area contributed by atoms with Crippen molar-refractivity contribution in [3.8, 4) is 0 Å². The fourth-order valence-electron chi connectivity index (χ4n) is 1.73. The Kier molecular flexibility index (Phi) is 11.1. The molecule has 1 amide bonds. The summed E-state index contributed by atoms with van der Waals surface area (Å²) in [4.78, 5) is 10.5. The Morgan fingerprint density at radius 3 is 2.41 bits per heavy atom. The lowest BCUT2D eigenvalue weighted by Crippen LogP contribution is -2.19. The molecule has 0 aromatic rings. The van der Waals surface area contributed by atoms with Gasteiger partial charge in [0, 0.05) is 0 Å². The van der Waals surface area contributed by atoms with E-state index in [1.165, 1.54) is 25.7 Å². The van der Waals surface area contributed by atoms with Gasteiger partial charge in [-0.2, -0.15) is 0 Å². The van der Waals surface area contributed by atoms with Gasteiger partial charge < -0.3 is 10.8 Å². The van der Waals surface area contributed by atoms with Gasteiger partial charge in [-0.3, -0.25) is 4.79 Å². The summed E-state index contributed by atoms with van der Waals surface area (Å²) in [6.07, 6.45) is 12.8. The highest BCUT2D eigenvalue weighted by Crippen LogP contribution is 2.07. The Bertz CT molecular complexity index is 214. The second-order valence-electron chi connectivity index (χ2n) is 4.58. The molecule has 3 N–H and O–H groups in total. The number of hydrogen-bond donors (Lipinski definition) is 2. The van der Waals surface area contributed by atoms with Crippen LogP contribution >= 0.6 is 0 Å². The van der Waals surface area contributed by atoms with Crippen LogP contribution in [0, 0.1) is 0 Å². The van der Waals surface area contributed by atoms with Crippen molar-refractivity contribution in [1.29, 1.82) is 0 Å². The molecular formula is C14H27NO2.